The predicted octanol–water partition coefficient (Wildman–Crippen LogP) is 2.54. The minimum Gasteiger partial charge on any atom is -0.481 e. The molecular weight excluding hydrogens is 244 g/mol. The van der Waals surface area contributed by atoms with Crippen LogP contribution in [0, 0.1) is 6.92 Å². The number of aryl methyl sites for hydroxylation is 2. The minimum atomic E-state index is 0.808. The van der Waals surface area contributed by atoms with Crippen LogP contribution in [0.15, 0.2) is 5.57 Å². The molecule has 0 saturated carbocycles. The van der Waals surface area contributed by atoms with E-state index in [1.165, 1.54) is 5.57 Å². The van der Waals surface area contributed by atoms with Gasteiger partial charge in [-0.1, -0.05) is 21.5 Å². The molecule has 0 bridgehead atoms. The summed E-state index contributed by atoms with van der Waals surface area (Å²) in [6, 6.07) is 0. The summed E-state index contributed by atoms with van der Waals surface area (Å²) < 4.78 is 7.04. The van der Waals surface area contributed by atoms with Crippen molar-refractivity contribution in [3.63, 3.8) is 0 Å². The zero-order valence-electron chi connectivity index (χ0n) is 8.97. The standard InChI is InChI=1S/C10H15BrN2O/c1-7(6-11)5-9-8(2)12-13(3)10(9)14-4/h5H,6H2,1-4H3/b7-5-. The van der Waals surface area contributed by atoms with E-state index in [9.17, 15) is 0 Å². The topological polar surface area (TPSA) is 27.1 Å². The zero-order valence-corrected chi connectivity index (χ0v) is 10.6. The van der Waals surface area contributed by atoms with Gasteiger partial charge in [0, 0.05) is 12.4 Å². The average molecular weight is 259 g/mol. The Morgan fingerprint density at radius 1 is 1.64 bits per heavy atom. The molecule has 0 atom stereocenters. The molecule has 0 unspecified atom stereocenters. The minimum absolute atomic E-state index is 0.808. The highest BCUT2D eigenvalue weighted by atomic mass is 79.9. The maximum absolute atomic E-state index is 5.28. The van der Waals surface area contributed by atoms with Gasteiger partial charge in [0.15, 0.2) is 0 Å². The van der Waals surface area contributed by atoms with Crippen LogP contribution < -0.4 is 4.74 Å². The van der Waals surface area contributed by atoms with Crippen molar-refractivity contribution in [3.05, 3.63) is 16.8 Å². The van der Waals surface area contributed by atoms with Gasteiger partial charge in [-0.25, -0.2) is 4.68 Å². The Morgan fingerprint density at radius 3 is 2.79 bits per heavy atom. The summed E-state index contributed by atoms with van der Waals surface area (Å²) in [5.41, 5.74) is 3.30. The van der Waals surface area contributed by atoms with Crippen molar-refractivity contribution < 1.29 is 4.74 Å². The molecular formula is C10H15BrN2O. The molecule has 0 fully saturated rings. The predicted molar refractivity (Wildman–Crippen MR) is 61.9 cm³/mol. The second-order valence-electron chi connectivity index (χ2n) is 3.26. The van der Waals surface area contributed by atoms with E-state index in [-0.39, 0.29) is 0 Å². The van der Waals surface area contributed by atoms with Gasteiger partial charge >= 0.3 is 0 Å². The summed E-state index contributed by atoms with van der Waals surface area (Å²) in [7, 11) is 3.55. The van der Waals surface area contributed by atoms with Crippen LogP contribution in [0.3, 0.4) is 0 Å². The quantitative estimate of drug-likeness (QED) is 0.780. The molecule has 0 aromatic carbocycles. The van der Waals surface area contributed by atoms with E-state index in [0.29, 0.717) is 0 Å². The van der Waals surface area contributed by atoms with Crippen LogP contribution in [-0.2, 0) is 7.05 Å². The summed E-state index contributed by atoms with van der Waals surface area (Å²) in [5, 5.41) is 5.17. The van der Waals surface area contributed by atoms with Crippen molar-refractivity contribution >= 4 is 22.0 Å². The zero-order chi connectivity index (χ0) is 10.7. The highest BCUT2D eigenvalue weighted by Gasteiger charge is 2.11. The summed E-state index contributed by atoms with van der Waals surface area (Å²) >= 11 is 3.41. The van der Waals surface area contributed by atoms with E-state index in [4.69, 9.17) is 4.74 Å². The first-order valence-corrected chi connectivity index (χ1v) is 5.53. The number of methoxy groups -OCH3 is 1. The number of hydrogen-bond donors (Lipinski definition) is 0. The molecule has 0 radical (unpaired) electrons. The van der Waals surface area contributed by atoms with Crippen LogP contribution in [0.4, 0.5) is 0 Å². The second-order valence-corrected chi connectivity index (χ2v) is 3.82. The van der Waals surface area contributed by atoms with E-state index in [1.54, 1.807) is 11.8 Å². The molecule has 1 aromatic rings. The third-order valence-corrected chi connectivity index (χ3v) is 2.89. The third-order valence-electron chi connectivity index (χ3n) is 2.01. The van der Waals surface area contributed by atoms with Crippen LogP contribution in [-0.4, -0.2) is 22.2 Å². The maximum Gasteiger partial charge on any atom is 0.218 e. The van der Waals surface area contributed by atoms with E-state index < -0.39 is 0 Å². The summed E-state index contributed by atoms with van der Waals surface area (Å²) in [4.78, 5) is 0. The fraction of sp³-hybridized carbons (Fsp3) is 0.500. The number of hydrogen-bond acceptors (Lipinski definition) is 2. The Labute approximate surface area is 92.9 Å². The Bertz CT molecular complexity index is 355. The number of aromatic nitrogens is 2. The van der Waals surface area contributed by atoms with Crippen molar-refractivity contribution in [1.29, 1.82) is 0 Å². The van der Waals surface area contributed by atoms with Gasteiger partial charge in [0.2, 0.25) is 5.88 Å². The lowest BCUT2D eigenvalue weighted by atomic mass is 10.2. The first-order chi connectivity index (χ1) is 6.60. The lowest BCUT2D eigenvalue weighted by Crippen LogP contribution is -1.95. The fourth-order valence-corrected chi connectivity index (χ4v) is 1.51. The largest absolute Gasteiger partial charge is 0.481 e. The average Bonchev–Trinajstić information content (AvgIpc) is 2.41. The second kappa shape index (κ2) is 4.64. The molecule has 0 aliphatic carbocycles. The van der Waals surface area contributed by atoms with Crippen LogP contribution in [0.2, 0.25) is 0 Å². The number of alkyl halides is 1. The van der Waals surface area contributed by atoms with Gasteiger partial charge in [-0.15, -0.1) is 0 Å². The van der Waals surface area contributed by atoms with Gasteiger partial charge in [0.25, 0.3) is 0 Å². The number of nitrogens with zero attached hydrogens (tertiary/aromatic N) is 2. The highest BCUT2D eigenvalue weighted by molar-refractivity contribution is 9.09. The number of rotatable bonds is 3. The maximum atomic E-state index is 5.28. The molecule has 0 N–H and O–H groups in total. The van der Waals surface area contributed by atoms with Gasteiger partial charge in [-0.3, -0.25) is 0 Å². The normalized spacial score (nSPS) is 11.9. The van der Waals surface area contributed by atoms with Crippen molar-refractivity contribution in [3.8, 4) is 5.88 Å². The van der Waals surface area contributed by atoms with Crippen molar-refractivity contribution in [2.24, 2.45) is 7.05 Å². The van der Waals surface area contributed by atoms with Crippen LogP contribution in [0.1, 0.15) is 18.2 Å². The van der Waals surface area contributed by atoms with Gasteiger partial charge < -0.3 is 4.74 Å². The summed E-state index contributed by atoms with van der Waals surface area (Å²) in [5.74, 6) is 0.808. The van der Waals surface area contributed by atoms with Gasteiger partial charge in [-0.05, 0) is 19.9 Å². The van der Waals surface area contributed by atoms with E-state index in [2.05, 4.69) is 34.0 Å². The smallest absolute Gasteiger partial charge is 0.218 e. The molecule has 0 amide bonds. The monoisotopic (exact) mass is 258 g/mol. The Hall–Kier alpha value is -0.770. The van der Waals surface area contributed by atoms with Gasteiger partial charge in [0.1, 0.15) is 0 Å². The van der Waals surface area contributed by atoms with Crippen LogP contribution >= 0.6 is 15.9 Å². The molecule has 1 heterocycles. The SMILES string of the molecule is COc1c(/C=C(/C)CBr)c(C)nn1C. The Balaban J connectivity index is 3.18. The highest BCUT2D eigenvalue weighted by Crippen LogP contribution is 2.23. The molecule has 0 aliphatic rings. The van der Waals surface area contributed by atoms with Gasteiger partial charge in [0.05, 0.1) is 18.4 Å². The van der Waals surface area contributed by atoms with Crippen LogP contribution in [0.5, 0.6) is 5.88 Å². The van der Waals surface area contributed by atoms with Crippen LogP contribution in [0.25, 0.3) is 6.08 Å². The molecule has 1 aromatic heterocycles. The number of ether oxygens (including phenoxy) is 1. The number of halogens is 1. The summed E-state index contributed by atoms with van der Waals surface area (Å²) in [6.07, 6.45) is 2.09. The molecule has 0 saturated heterocycles. The molecule has 14 heavy (non-hydrogen) atoms. The van der Waals surface area contributed by atoms with Gasteiger partial charge in [-0.2, -0.15) is 5.10 Å². The lowest BCUT2D eigenvalue weighted by Gasteiger charge is -2.01. The fourth-order valence-electron chi connectivity index (χ4n) is 1.35. The molecule has 4 heteroatoms. The Morgan fingerprint density at radius 2 is 2.29 bits per heavy atom. The van der Waals surface area contributed by atoms with E-state index >= 15 is 0 Å². The van der Waals surface area contributed by atoms with E-state index in [1.807, 2.05) is 14.0 Å². The lowest BCUT2D eigenvalue weighted by molar-refractivity contribution is 0.372. The Kier molecular flexibility index (Phi) is 3.75. The molecule has 0 spiro atoms. The van der Waals surface area contributed by atoms with Crippen molar-refractivity contribution in [2.75, 3.05) is 12.4 Å². The molecule has 3 nitrogen and oxygen atoms in total. The summed E-state index contributed by atoms with van der Waals surface area (Å²) in [6.45, 7) is 4.05. The molecule has 1 rings (SSSR count). The molecule has 78 valence electrons. The van der Waals surface area contributed by atoms with Crippen molar-refractivity contribution in [1.82, 2.24) is 9.78 Å². The first kappa shape index (κ1) is 11.3. The van der Waals surface area contributed by atoms with Crippen molar-refractivity contribution in [2.45, 2.75) is 13.8 Å². The molecule has 0 aliphatic heterocycles. The van der Waals surface area contributed by atoms with E-state index in [0.717, 1.165) is 22.5 Å². The third kappa shape index (κ3) is 2.18. The first-order valence-electron chi connectivity index (χ1n) is 4.40. The number of allylic oxidation sites excluding steroid dienone is 1.